The highest BCUT2D eigenvalue weighted by atomic mass is 16.6. The minimum Gasteiger partial charge on any atom is -0.379 e. The van der Waals surface area contributed by atoms with Crippen LogP contribution in [0.25, 0.3) is 0 Å². The maximum absolute atomic E-state index is 5.41. The van der Waals surface area contributed by atoms with Crippen LogP contribution in [0.4, 0.5) is 0 Å². The van der Waals surface area contributed by atoms with E-state index in [1.54, 1.807) is 0 Å². The summed E-state index contributed by atoms with van der Waals surface area (Å²) in [5.74, 6) is 0. The third-order valence-electron chi connectivity index (χ3n) is 2.10. The van der Waals surface area contributed by atoms with Gasteiger partial charge in [0.25, 0.3) is 0 Å². The molecule has 1 saturated heterocycles. The van der Waals surface area contributed by atoms with Crippen LogP contribution < -0.4 is 0 Å². The van der Waals surface area contributed by atoms with Crippen LogP contribution in [0.5, 0.6) is 0 Å². The predicted octanol–water partition coefficient (Wildman–Crippen LogP) is 2.37. The van der Waals surface area contributed by atoms with Gasteiger partial charge in [-0.2, -0.15) is 0 Å². The molecule has 0 aromatic carbocycles. The average molecular weight is 172 g/mol. The van der Waals surface area contributed by atoms with Gasteiger partial charge in [0.2, 0.25) is 0 Å². The Balaban J connectivity index is 1.65. The number of hydrogen-bond donors (Lipinski definition) is 0. The van der Waals surface area contributed by atoms with Gasteiger partial charge in [-0.25, -0.2) is 0 Å². The highest BCUT2D eigenvalue weighted by Gasteiger charge is 2.21. The lowest BCUT2D eigenvalue weighted by Gasteiger charge is -2.01. The average Bonchev–Trinajstić information content (AvgIpc) is 2.87. The van der Waals surface area contributed by atoms with Crippen LogP contribution in [0, 0.1) is 0 Å². The minimum absolute atomic E-state index is 0.431. The molecule has 0 aliphatic carbocycles. The Morgan fingerprint density at radius 2 is 2.00 bits per heavy atom. The van der Waals surface area contributed by atoms with Crippen molar-refractivity contribution in [3.05, 3.63) is 0 Å². The van der Waals surface area contributed by atoms with E-state index in [2.05, 4.69) is 6.92 Å². The zero-order valence-electron chi connectivity index (χ0n) is 8.05. The van der Waals surface area contributed by atoms with Gasteiger partial charge >= 0.3 is 0 Å². The molecule has 0 radical (unpaired) electrons. The monoisotopic (exact) mass is 172 g/mol. The number of hydrogen-bond acceptors (Lipinski definition) is 2. The van der Waals surface area contributed by atoms with Crippen LogP contribution in [-0.2, 0) is 9.47 Å². The molecule has 1 aliphatic rings. The van der Waals surface area contributed by atoms with Gasteiger partial charge in [-0.3, -0.25) is 0 Å². The van der Waals surface area contributed by atoms with E-state index in [1.807, 2.05) is 0 Å². The lowest BCUT2D eigenvalue weighted by molar-refractivity contribution is 0.113. The largest absolute Gasteiger partial charge is 0.379 e. The van der Waals surface area contributed by atoms with Crippen LogP contribution in [0.15, 0.2) is 0 Å². The molecule has 0 N–H and O–H groups in total. The topological polar surface area (TPSA) is 21.8 Å². The molecule has 1 aliphatic heterocycles. The summed E-state index contributed by atoms with van der Waals surface area (Å²) in [5, 5.41) is 0. The molecule has 2 heteroatoms. The molecule has 0 bridgehead atoms. The summed E-state index contributed by atoms with van der Waals surface area (Å²) in [4.78, 5) is 0. The van der Waals surface area contributed by atoms with E-state index >= 15 is 0 Å². The van der Waals surface area contributed by atoms with Gasteiger partial charge in [-0.15, -0.1) is 0 Å². The molecule has 1 rings (SSSR count). The summed E-state index contributed by atoms with van der Waals surface area (Å²) in [7, 11) is 0. The number of ether oxygens (including phenoxy) is 2. The molecular weight excluding hydrogens is 152 g/mol. The molecular formula is C10H20O2. The van der Waals surface area contributed by atoms with Gasteiger partial charge in [0, 0.05) is 6.61 Å². The predicted molar refractivity (Wildman–Crippen MR) is 49.3 cm³/mol. The summed E-state index contributed by atoms with van der Waals surface area (Å²) in [6, 6.07) is 0. The van der Waals surface area contributed by atoms with Crippen molar-refractivity contribution in [2.24, 2.45) is 0 Å². The SMILES string of the molecule is CCCCCCCOCC1CO1. The van der Waals surface area contributed by atoms with Gasteiger partial charge in [0.1, 0.15) is 6.10 Å². The van der Waals surface area contributed by atoms with Crippen LogP contribution in [0.2, 0.25) is 0 Å². The zero-order valence-corrected chi connectivity index (χ0v) is 8.05. The van der Waals surface area contributed by atoms with Gasteiger partial charge < -0.3 is 9.47 Å². The summed E-state index contributed by atoms with van der Waals surface area (Å²) >= 11 is 0. The molecule has 1 heterocycles. The van der Waals surface area contributed by atoms with E-state index in [9.17, 15) is 0 Å². The fraction of sp³-hybridized carbons (Fsp3) is 1.00. The second-order valence-electron chi connectivity index (χ2n) is 3.44. The Bertz CT molecular complexity index is 100. The van der Waals surface area contributed by atoms with Crippen molar-refractivity contribution in [2.45, 2.75) is 45.1 Å². The molecule has 72 valence electrons. The Morgan fingerprint density at radius 1 is 1.25 bits per heavy atom. The van der Waals surface area contributed by atoms with E-state index in [0.717, 1.165) is 19.8 Å². The maximum Gasteiger partial charge on any atom is 0.104 e. The van der Waals surface area contributed by atoms with Crippen molar-refractivity contribution >= 4 is 0 Å². The smallest absolute Gasteiger partial charge is 0.104 e. The molecule has 0 spiro atoms. The van der Waals surface area contributed by atoms with Crippen molar-refractivity contribution in [1.29, 1.82) is 0 Å². The molecule has 1 unspecified atom stereocenters. The van der Waals surface area contributed by atoms with Crippen molar-refractivity contribution in [3.8, 4) is 0 Å². The second kappa shape index (κ2) is 6.44. The molecule has 1 atom stereocenters. The lowest BCUT2D eigenvalue weighted by atomic mass is 10.2. The third kappa shape index (κ3) is 5.56. The van der Waals surface area contributed by atoms with Crippen LogP contribution in [0.1, 0.15) is 39.0 Å². The van der Waals surface area contributed by atoms with E-state index in [4.69, 9.17) is 9.47 Å². The van der Waals surface area contributed by atoms with Crippen molar-refractivity contribution in [3.63, 3.8) is 0 Å². The first-order chi connectivity index (χ1) is 5.93. The summed E-state index contributed by atoms with van der Waals surface area (Å²) in [6.07, 6.45) is 7.01. The Hall–Kier alpha value is -0.0800. The van der Waals surface area contributed by atoms with Gasteiger partial charge in [0.05, 0.1) is 13.2 Å². The van der Waals surface area contributed by atoms with E-state index < -0.39 is 0 Å². The normalized spacial score (nSPS) is 21.2. The first kappa shape index (κ1) is 10.0. The third-order valence-corrected chi connectivity index (χ3v) is 2.10. The fourth-order valence-electron chi connectivity index (χ4n) is 1.19. The first-order valence-corrected chi connectivity index (χ1v) is 5.13. The van der Waals surface area contributed by atoms with Crippen molar-refractivity contribution < 1.29 is 9.47 Å². The second-order valence-corrected chi connectivity index (χ2v) is 3.44. The molecule has 1 fully saturated rings. The maximum atomic E-state index is 5.41. The molecule has 2 nitrogen and oxygen atoms in total. The zero-order chi connectivity index (χ0) is 8.65. The van der Waals surface area contributed by atoms with Crippen LogP contribution >= 0.6 is 0 Å². The quantitative estimate of drug-likeness (QED) is 0.414. The fourth-order valence-corrected chi connectivity index (χ4v) is 1.19. The summed E-state index contributed by atoms with van der Waals surface area (Å²) in [6.45, 7) is 4.88. The molecule has 0 aromatic rings. The van der Waals surface area contributed by atoms with Gasteiger partial charge in [0.15, 0.2) is 0 Å². The Labute approximate surface area is 75.2 Å². The van der Waals surface area contributed by atoms with Gasteiger partial charge in [-0.05, 0) is 6.42 Å². The highest BCUT2D eigenvalue weighted by molar-refractivity contribution is 4.66. The van der Waals surface area contributed by atoms with E-state index in [-0.39, 0.29) is 0 Å². The molecule has 0 amide bonds. The van der Waals surface area contributed by atoms with E-state index in [1.165, 1.54) is 32.1 Å². The Morgan fingerprint density at radius 3 is 2.67 bits per heavy atom. The Kier molecular flexibility index (Phi) is 5.37. The molecule has 0 aromatic heterocycles. The first-order valence-electron chi connectivity index (χ1n) is 5.13. The number of rotatable bonds is 8. The van der Waals surface area contributed by atoms with E-state index in [0.29, 0.717) is 6.10 Å². The molecule has 12 heavy (non-hydrogen) atoms. The molecule has 0 saturated carbocycles. The lowest BCUT2D eigenvalue weighted by Crippen LogP contribution is -2.02. The summed E-state index contributed by atoms with van der Waals surface area (Å²) in [5.41, 5.74) is 0. The standard InChI is InChI=1S/C10H20O2/c1-2-3-4-5-6-7-11-8-10-9-12-10/h10H,2-9H2,1H3. The number of epoxide rings is 1. The minimum atomic E-state index is 0.431. The van der Waals surface area contributed by atoms with Crippen molar-refractivity contribution in [1.82, 2.24) is 0 Å². The summed E-state index contributed by atoms with van der Waals surface area (Å²) < 4.78 is 10.4. The number of unbranched alkanes of at least 4 members (excludes halogenated alkanes) is 4. The van der Waals surface area contributed by atoms with Crippen LogP contribution in [0.3, 0.4) is 0 Å². The van der Waals surface area contributed by atoms with Gasteiger partial charge in [-0.1, -0.05) is 32.6 Å². The van der Waals surface area contributed by atoms with Crippen molar-refractivity contribution in [2.75, 3.05) is 19.8 Å². The highest BCUT2D eigenvalue weighted by Crippen LogP contribution is 2.09. The van der Waals surface area contributed by atoms with Crippen LogP contribution in [-0.4, -0.2) is 25.9 Å².